The van der Waals surface area contributed by atoms with E-state index in [1.807, 2.05) is 30.3 Å². The summed E-state index contributed by atoms with van der Waals surface area (Å²) in [6, 6.07) is 16.5. The largest absolute Gasteiger partial charge is 0.324 e. The number of para-hydroxylation sites is 1. The van der Waals surface area contributed by atoms with E-state index < -0.39 is 10.0 Å². The van der Waals surface area contributed by atoms with Crippen molar-refractivity contribution >= 4 is 21.5 Å². The number of sulfonamides is 1. The maximum atomic E-state index is 11.3. The molecule has 0 atom stereocenters. The van der Waals surface area contributed by atoms with Crippen LogP contribution in [0.25, 0.3) is 0 Å². The van der Waals surface area contributed by atoms with Crippen LogP contribution in [0.3, 0.4) is 0 Å². The minimum absolute atomic E-state index is 0.108. The number of nitrogens with zero attached hydrogens (tertiary/aromatic N) is 2. The van der Waals surface area contributed by atoms with E-state index in [4.69, 9.17) is 5.14 Å². The summed E-state index contributed by atoms with van der Waals surface area (Å²) in [5.74, 6) is 0.849. The van der Waals surface area contributed by atoms with Gasteiger partial charge in [0.2, 0.25) is 10.0 Å². The Balaban J connectivity index is 1.93. The smallest absolute Gasteiger partial charge is 0.238 e. The molecular weight excluding hydrogens is 286 g/mol. The van der Waals surface area contributed by atoms with E-state index >= 15 is 0 Å². The molecule has 1 aliphatic heterocycles. The van der Waals surface area contributed by atoms with Gasteiger partial charge in [0.15, 0.2) is 0 Å². The molecule has 0 fully saturated rings. The van der Waals surface area contributed by atoms with Crippen LogP contribution in [0.4, 0.5) is 5.69 Å². The van der Waals surface area contributed by atoms with Crippen LogP contribution in [0.2, 0.25) is 0 Å². The third kappa shape index (κ3) is 2.81. The van der Waals surface area contributed by atoms with Gasteiger partial charge in [-0.05, 0) is 36.4 Å². The zero-order chi connectivity index (χ0) is 14.9. The third-order valence-corrected chi connectivity index (χ3v) is 4.28. The molecule has 2 aromatic rings. The summed E-state index contributed by atoms with van der Waals surface area (Å²) in [6.45, 7) is 1.54. The van der Waals surface area contributed by atoms with Gasteiger partial charge in [0.25, 0.3) is 0 Å². The molecule has 0 amide bonds. The average Bonchev–Trinajstić information content (AvgIpc) is 2.97. The summed E-state index contributed by atoms with van der Waals surface area (Å²) >= 11 is 0. The summed E-state index contributed by atoms with van der Waals surface area (Å²) in [4.78, 5) is 6.74. The molecule has 6 heteroatoms. The van der Waals surface area contributed by atoms with Gasteiger partial charge in [-0.25, -0.2) is 13.6 Å². The number of anilines is 1. The molecule has 108 valence electrons. The van der Waals surface area contributed by atoms with Crippen molar-refractivity contribution in [2.45, 2.75) is 4.90 Å². The van der Waals surface area contributed by atoms with Crippen molar-refractivity contribution < 1.29 is 8.42 Å². The lowest BCUT2D eigenvalue weighted by molar-refractivity contribution is 0.598. The maximum absolute atomic E-state index is 11.3. The van der Waals surface area contributed by atoms with Gasteiger partial charge in [-0.2, -0.15) is 0 Å². The Labute approximate surface area is 123 Å². The summed E-state index contributed by atoms with van der Waals surface area (Å²) < 4.78 is 22.6. The summed E-state index contributed by atoms with van der Waals surface area (Å²) in [5.41, 5.74) is 1.95. The number of nitrogens with two attached hydrogens (primary N) is 1. The monoisotopic (exact) mass is 301 g/mol. The van der Waals surface area contributed by atoms with Crippen molar-refractivity contribution in [1.29, 1.82) is 0 Å². The Morgan fingerprint density at radius 1 is 1.00 bits per heavy atom. The number of primary sulfonamides is 1. The van der Waals surface area contributed by atoms with Crippen LogP contribution in [-0.2, 0) is 10.0 Å². The van der Waals surface area contributed by atoms with E-state index in [0.717, 1.165) is 30.2 Å². The fourth-order valence-electron chi connectivity index (χ4n) is 2.35. The highest BCUT2D eigenvalue weighted by molar-refractivity contribution is 7.89. The lowest BCUT2D eigenvalue weighted by atomic mass is 10.2. The van der Waals surface area contributed by atoms with Crippen LogP contribution < -0.4 is 10.0 Å². The molecule has 1 heterocycles. The van der Waals surface area contributed by atoms with Gasteiger partial charge in [0, 0.05) is 17.8 Å². The second kappa shape index (κ2) is 5.31. The van der Waals surface area contributed by atoms with Crippen LogP contribution in [-0.4, -0.2) is 27.3 Å². The molecule has 2 aromatic carbocycles. The van der Waals surface area contributed by atoms with Crippen molar-refractivity contribution in [2.24, 2.45) is 10.1 Å². The highest BCUT2D eigenvalue weighted by Crippen LogP contribution is 2.21. The van der Waals surface area contributed by atoms with E-state index in [1.54, 1.807) is 12.1 Å². The number of amidine groups is 1. The predicted octanol–water partition coefficient (Wildman–Crippen LogP) is 1.60. The van der Waals surface area contributed by atoms with E-state index in [-0.39, 0.29) is 4.90 Å². The molecule has 0 aromatic heterocycles. The normalized spacial score (nSPS) is 15.1. The highest BCUT2D eigenvalue weighted by atomic mass is 32.2. The fraction of sp³-hybridized carbons (Fsp3) is 0.133. The molecule has 0 unspecified atom stereocenters. The van der Waals surface area contributed by atoms with Gasteiger partial charge in [-0.15, -0.1) is 0 Å². The first-order chi connectivity index (χ1) is 10.1. The van der Waals surface area contributed by atoms with Crippen LogP contribution in [0, 0.1) is 0 Å². The molecule has 3 rings (SSSR count). The SMILES string of the molecule is NS(=O)(=O)c1ccc(C2=NCCN2c2ccccc2)cc1. The minimum Gasteiger partial charge on any atom is -0.324 e. The predicted molar refractivity (Wildman–Crippen MR) is 83.0 cm³/mol. The van der Waals surface area contributed by atoms with E-state index in [1.165, 1.54) is 12.1 Å². The molecule has 0 saturated heterocycles. The maximum Gasteiger partial charge on any atom is 0.238 e. The number of rotatable bonds is 3. The van der Waals surface area contributed by atoms with Gasteiger partial charge in [-0.1, -0.05) is 18.2 Å². The molecule has 0 aliphatic carbocycles. The van der Waals surface area contributed by atoms with Gasteiger partial charge in [0.1, 0.15) is 5.84 Å². The minimum atomic E-state index is -3.66. The number of benzene rings is 2. The summed E-state index contributed by atoms with van der Waals surface area (Å²) in [6.07, 6.45) is 0. The molecule has 0 bridgehead atoms. The Morgan fingerprint density at radius 2 is 1.67 bits per heavy atom. The summed E-state index contributed by atoms with van der Waals surface area (Å²) in [5, 5.41) is 5.11. The fourth-order valence-corrected chi connectivity index (χ4v) is 2.86. The lowest BCUT2D eigenvalue weighted by Gasteiger charge is -2.20. The quantitative estimate of drug-likeness (QED) is 0.935. The van der Waals surface area contributed by atoms with Crippen molar-refractivity contribution in [3.8, 4) is 0 Å². The molecule has 21 heavy (non-hydrogen) atoms. The van der Waals surface area contributed by atoms with Crippen molar-refractivity contribution in [3.05, 3.63) is 60.2 Å². The zero-order valence-corrected chi connectivity index (χ0v) is 12.1. The Morgan fingerprint density at radius 3 is 2.29 bits per heavy atom. The highest BCUT2D eigenvalue weighted by Gasteiger charge is 2.20. The van der Waals surface area contributed by atoms with Crippen LogP contribution in [0.1, 0.15) is 5.56 Å². The average molecular weight is 301 g/mol. The van der Waals surface area contributed by atoms with E-state index in [0.29, 0.717) is 0 Å². The molecular formula is C15H15N3O2S. The number of aliphatic imine (C=N–C) groups is 1. The van der Waals surface area contributed by atoms with E-state index in [9.17, 15) is 8.42 Å². The van der Waals surface area contributed by atoms with Crippen LogP contribution >= 0.6 is 0 Å². The second-order valence-electron chi connectivity index (χ2n) is 4.76. The van der Waals surface area contributed by atoms with Gasteiger partial charge < -0.3 is 4.90 Å². The van der Waals surface area contributed by atoms with Crippen molar-refractivity contribution in [3.63, 3.8) is 0 Å². The first-order valence-corrected chi connectivity index (χ1v) is 8.10. The van der Waals surface area contributed by atoms with Crippen LogP contribution in [0.5, 0.6) is 0 Å². The Bertz CT molecular complexity index is 768. The number of hydrogen-bond donors (Lipinski definition) is 1. The second-order valence-corrected chi connectivity index (χ2v) is 6.32. The Kier molecular flexibility index (Phi) is 3.48. The topological polar surface area (TPSA) is 75.8 Å². The van der Waals surface area contributed by atoms with Crippen molar-refractivity contribution in [2.75, 3.05) is 18.0 Å². The molecule has 2 N–H and O–H groups in total. The Hall–Kier alpha value is -2.18. The molecule has 0 spiro atoms. The molecule has 5 nitrogen and oxygen atoms in total. The third-order valence-electron chi connectivity index (χ3n) is 3.35. The van der Waals surface area contributed by atoms with Gasteiger partial charge >= 0.3 is 0 Å². The molecule has 0 saturated carbocycles. The first-order valence-electron chi connectivity index (χ1n) is 6.56. The lowest BCUT2D eigenvalue weighted by Crippen LogP contribution is -2.28. The number of hydrogen-bond acceptors (Lipinski definition) is 4. The van der Waals surface area contributed by atoms with Gasteiger partial charge in [0.05, 0.1) is 11.4 Å². The standard InChI is InChI=1S/C15H15N3O2S/c16-21(19,20)14-8-6-12(7-9-14)15-17-10-11-18(15)13-4-2-1-3-5-13/h1-9H,10-11H2,(H2,16,19,20). The zero-order valence-electron chi connectivity index (χ0n) is 11.3. The molecule has 0 radical (unpaired) electrons. The van der Waals surface area contributed by atoms with E-state index in [2.05, 4.69) is 9.89 Å². The molecule has 1 aliphatic rings. The summed E-state index contributed by atoms with van der Waals surface area (Å²) in [7, 11) is -3.66. The van der Waals surface area contributed by atoms with Crippen molar-refractivity contribution in [1.82, 2.24) is 0 Å². The van der Waals surface area contributed by atoms with Gasteiger partial charge in [-0.3, -0.25) is 4.99 Å². The first kappa shape index (κ1) is 13.8. The van der Waals surface area contributed by atoms with Crippen LogP contribution in [0.15, 0.2) is 64.5 Å².